The van der Waals surface area contributed by atoms with Crippen LogP contribution in [0, 0.1) is 0 Å². The van der Waals surface area contributed by atoms with Crippen LogP contribution < -0.4 is 0 Å². The Morgan fingerprint density at radius 3 is 2.50 bits per heavy atom. The molecule has 0 unspecified atom stereocenters. The lowest BCUT2D eigenvalue weighted by Crippen LogP contribution is -2.32. The Balaban J connectivity index is 2.76. The van der Waals surface area contributed by atoms with E-state index >= 15 is 0 Å². The van der Waals surface area contributed by atoms with Gasteiger partial charge in [0.05, 0.1) is 11.3 Å². The van der Waals surface area contributed by atoms with E-state index in [1.807, 2.05) is 0 Å². The molecule has 0 saturated carbocycles. The van der Waals surface area contributed by atoms with Gasteiger partial charge < -0.3 is 10.0 Å². The molecule has 5 nitrogen and oxygen atoms in total. The molecule has 1 heterocycles. The molecule has 1 amide bonds. The zero-order chi connectivity index (χ0) is 13.7. The summed E-state index contributed by atoms with van der Waals surface area (Å²) in [5.74, 6) is -1.24. The van der Waals surface area contributed by atoms with Crippen LogP contribution in [0.3, 0.4) is 0 Å². The highest BCUT2D eigenvalue weighted by molar-refractivity contribution is 7.12. The molecular formula is C12H15NO4S. The van der Waals surface area contributed by atoms with Gasteiger partial charge in [-0.25, -0.2) is 0 Å². The summed E-state index contributed by atoms with van der Waals surface area (Å²) in [6, 6.07) is 1.55. The second kappa shape index (κ2) is 6.30. The number of hydrogen-bond donors (Lipinski definition) is 1. The fraction of sp³-hybridized carbons (Fsp3) is 0.417. The third-order valence-corrected chi connectivity index (χ3v) is 3.40. The number of hydrogen-bond acceptors (Lipinski definition) is 4. The average Bonchev–Trinajstić information content (AvgIpc) is 2.78. The maximum Gasteiger partial charge on any atom is 0.305 e. The van der Waals surface area contributed by atoms with E-state index in [0.717, 1.165) is 0 Å². The molecule has 0 spiro atoms. The van der Waals surface area contributed by atoms with Gasteiger partial charge in [0.15, 0.2) is 5.78 Å². The Morgan fingerprint density at radius 1 is 1.39 bits per heavy atom. The third kappa shape index (κ3) is 3.66. The number of carbonyl (C=O) groups is 3. The van der Waals surface area contributed by atoms with Gasteiger partial charge in [-0.15, -0.1) is 11.3 Å². The first kappa shape index (κ1) is 14.4. The molecule has 6 heteroatoms. The Kier molecular flexibility index (Phi) is 5.03. The van der Waals surface area contributed by atoms with Crippen molar-refractivity contribution >= 4 is 29.0 Å². The number of thiophene rings is 1. The average molecular weight is 269 g/mol. The van der Waals surface area contributed by atoms with Crippen LogP contribution in [0.2, 0.25) is 0 Å². The van der Waals surface area contributed by atoms with Crippen LogP contribution in [-0.2, 0) is 4.79 Å². The highest BCUT2D eigenvalue weighted by atomic mass is 32.1. The van der Waals surface area contributed by atoms with E-state index in [1.165, 1.54) is 23.2 Å². The summed E-state index contributed by atoms with van der Waals surface area (Å²) >= 11 is 1.20. The molecule has 0 radical (unpaired) electrons. The molecule has 1 rings (SSSR count). The number of aliphatic carboxylic acids is 1. The van der Waals surface area contributed by atoms with Gasteiger partial charge in [-0.1, -0.05) is 0 Å². The zero-order valence-corrected chi connectivity index (χ0v) is 11.1. The fourth-order valence-electron chi connectivity index (χ4n) is 1.42. The highest BCUT2D eigenvalue weighted by Gasteiger charge is 2.17. The van der Waals surface area contributed by atoms with E-state index in [1.54, 1.807) is 18.4 Å². The van der Waals surface area contributed by atoms with Crippen molar-refractivity contribution in [3.05, 3.63) is 21.9 Å². The van der Waals surface area contributed by atoms with E-state index in [0.29, 0.717) is 17.0 Å². The van der Waals surface area contributed by atoms with Crippen molar-refractivity contribution in [2.75, 3.05) is 13.1 Å². The predicted octanol–water partition coefficient (Wildman–Crippen LogP) is 1.89. The Hall–Kier alpha value is -1.69. The lowest BCUT2D eigenvalue weighted by molar-refractivity contribution is -0.137. The van der Waals surface area contributed by atoms with Crippen molar-refractivity contribution in [3.8, 4) is 0 Å². The number of carboxylic acids is 1. The number of carboxylic acid groups (broad SMARTS) is 1. The Morgan fingerprint density at radius 2 is 2.06 bits per heavy atom. The van der Waals surface area contributed by atoms with Crippen molar-refractivity contribution < 1.29 is 19.5 Å². The van der Waals surface area contributed by atoms with E-state index < -0.39 is 5.97 Å². The van der Waals surface area contributed by atoms with Crippen LogP contribution in [0.4, 0.5) is 0 Å². The van der Waals surface area contributed by atoms with Gasteiger partial charge in [-0.3, -0.25) is 14.4 Å². The van der Waals surface area contributed by atoms with Crippen LogP contribution in [0.25, 0.3) is 0 Å². The fourth-order valence-corrected chi connectivity index (χ4v) is 2.34. The van der Waals surface area contributed by atoms with Crippen LogP contribution in [0.15, 0.2) is 11.4 Å². The van der Waals surface area contributed by atoms with E-state index in [2.05, 4.69) is 0 Å². The minimum atomic E-state index is -0.933. The van der Waals surface area contributed by atoms with Gasteiger partial charge in [0, 0.05) is 24.0 Å². The van der Waals surface area contributed by atoms with Gasteiger partial charge in [0.1, 0.15) is 0 Å². The molecular weight excluding hydrogens is 254 g/mol. The number of rotatable bonds is 6. The van der Waals surface area contributed by atoms with Gasteiger partial charge in [-0.05, 0) is 19.9 Å². The molecule has 0 aliphatic rings. The molecule has 1 N–H and O–H groups in total. The SMILES string of the molecule is CCN(CCC(=O)O)C(=O)c1cc(C(C)=O)cs1. The van der Waals surface area contributed by atoms with Gasteiger partial charge in [0.25, 0.3) is 5.91 Å². The summed E-state index contributed by atoms with van der Waals surface area (Å²) in [6.07, 6.45) is -0.0788. The largest absolute Gasteiger partial charge is 0.481 e. The number of ketones is 1. The van der Waals surface area contributed by atoms with Crippen molar-refractivity contribution in [2.24, 2.45) is 0 Å². The number of Topliss-reactive ketones (excluding diaryl/α,β-unsaturated/α-hetero) is 1. The monoisotopic (exact) mass is 269 g/mol. The summed E-state index contributed by atoms with van der Waals surface area (Å²) in [6.45, 7) is 3.86. The quantitative estimate of drug-likeness (QED) is 0.800. The predicted molar refractivity (Wildman–Crippen MR) is 68.2 cm³/mol. The summed E-state index contributed by atoms with van der Waals surface area (Å²) in [5.41, 5.74) is 0.512. The highest BCUT2D eigenvalue weighted by Crippen LogP contribution is 2.17. The van der Waals surface area contributed by atoms with Gasteiger partial charge >= 0.3 is 5.97 Å². The van der Waals surface area contributed by atoms with Crippen LogP contribution >= 0.6 is 11.3 Å². The molecule has 18 heavy (non-hydrogen) atoms. The molecule has 0 atom stereocenters. The lowest BCUT2D eigenvalue weighted by atomic mass is 10.2. The second-order valence-electron chi connectivity index (χ2n) is 3.78. The lowest BCUT2D eigenvalue weighted by Gasteiger charge is -2.18. The summed E-state index contributed by atoms with van der Waals surface area (Å²) in [5, 5.41) is 10.2. The molecule has 0 aromatic carbocycles. The Labute approximate surface area is 109 Å². The van der Waals surface area contributed by atoms with Gasteiger partial charge in [-0.2, -0.15) is 0 Å². The minimum Gasteiger partial charge on any atom is -0.481 e. The summed E-state index contributed by atoms with van der Waals surface area (Å²) in [7, 11) is 0. The Bertz CT molecular complexity index is 466. The third-order valence-electron chi connectivity index (χ3n) is 2.48. The van der Waals surface area contributed by atoms with Crippen molar-refractivity contribution in [3.63, 3.8) is 0 Å². The maximum atomic E-state index is 12.1. The van der Waals surface area contributed by atoms with E-state index in [9.17, 15) is 14.4 Å². The maximum absolute atomic E-state index is 12.1. The normalized spacial score (nSPS) is 10.1. The van der Waals surface area contributed by atoms with Crippen molar-refractivity contribution in [1.29, 1.82) is 0 Å². The van der Waals surface area contributed by atoms with Crippen molar-refractivity contribution in [1.82, 2.24) is 4.90 Å². The first-order chi connectivity index (χ1) is 8.45. The number of nitrogens with zero attached hydrogens (tertiary/aromatic N) is 1. The van der Waals surface area contributed by atoms with Crippen LogP contribution in [-0.4, -0.2) is 40.8 Å². The topological polar surface area (TPSA) is 74.7 Å². The molecule has 1 aromatic rings. The zero-order valence-electron chi connectivity index (χ0n) is 10.3. The second-order valence-corrected chi connectivity index (χ2v) is 4.70. The van der Waals surface area contributed by atoms with Gasteiger partial charge in [0.2, 0.25) is 0 Å². The molecule has 1 aromatic heterocycles. The van der Waals surface area contributed by atoms with Crippen LogP contribution in [0.5, 0.6) is 0 Å². The summed E-state index contributed by atoms with van der Waals surface area (Å²) in [4.78, 5) is 35.6. The van der Waals surface area contributed by atoms with Crippen LogP contribution in [0.1, 0.15) is 40.3 Å². The molecule has 0 fully saturated rings. The first-order valence-electron chi connectivity index (χ1n) is 5.56. The molecule has 0 saturated heterocycles. The molecule has 0 aliphatic heterocycles. The number of carbonyl (C=O) groups excluding carboxylic acids is 2. The standard InChI is InChI=1S/C12H15NO4S/c1-3-13(5-4-11(15)16)12(17)10-6-9(7-18-10)8(2)14/h6-7H,3-5H2,1-2H3,(H,15,16). The van der Waals surface area contributed by atoms with E-state index in [-0.39, 0.29) is 24.7 Å². The minimum absolute atomic E-state index is 0.0788. The van der Waals surface area contributed by atoms with E-state index in [4.69, 9.17) is 5.11 Å². The number of amides is 1. The smallest absolute Gasteiger partial charge is 0.305 e. The molecule has 98 valence electrons. The molecule has 0 aliphatic carbocycles. The first-order valence-corrected chi connectivity index (χ1v) is 6.44. The molecule has 0 bridgehead atoms. The summed E-state index contributed by atoms with van der Waals surface area (Å²) < 4.78 is 0. The van der Waals surface area contributed by atoms with Crippen molar-refractivity contribution in [2.45, 2.75) is 20.3 Å².